The standard InChI is InChI=1S/C15H26ClNO3/c1-11(2)5-4-10-20-15(19)13-6-8-17(9-7-13)14(18)12(3)16/h11-13H,4-10H2,1-3H3. The summed E-state index contributed by atoms with van der Waals surface area (Å²) in [7, 11) is 0. The van der Waals surface area contributed by atoms with E-state index in [1.165, 1.54) is 0 Å². The quantitative estimate of drug-likeness (QED) is 0.431. The first-order valence-electron chi connectivity index (χ1n) is 7.51. The second-order valence-electron chi connectivity index (χ2n) is 5.92. The first kappa shape index (κ1) is 17.3. The molecule has 0 bridgehead atoms. The molecule has 1 amide bonds. The highest BCUT2D eigenvalue weighted by atomic mass is 35.5. The maximum absolute atomic E-state index is 11.9. The van der Waals surface area contributed by atoms with Crippen molar-refractivity contribution in [2.75, 3.05) is 19.7 Å². The predicted molar refractivity (Wildman–Crippen MR) is 79.7 cm³/mol. The van der Waals surface area contributed by atoms with E-state index in [1.54, 1.807) is 11.8 Å². The second-order valence-corrected chi connectivity index (χ2v) is 6.57. The molecule has 1 unspecified atom stereocenters. The molecular weight excluding hydrogens is 278 g/mol. The van der Waals surface area contributed by atoms with E-state index in [2.05, 4.69) is 13.8 Å². The topological polar surface area (TPSA) is 46.6 Å². The van der Waals surface area contributed by atoms with Crippen molar-refractivity contribution in [3.05, 3.63) is 0 Å². The van der Waals surface area contributed by atoms with Gasteiger partial charge in [-0.3, -0.25) is 9.59 Å². The number of esters is 1. The van der Waals surface area contributed by atoms with Crippen LogP contribution in [0.4, 0.5) is 0 Å². The third-order valence-electron chi connectivity index (χ3n) is 3.65. The number of hydrogen-bond acceptors (Lipinski definition) is 3. The van der Waals surface area contributed by atoms with Crippen LogP contribution < -0.4 is 0 Å². The Hall–Kier alpha value is -0.770. The Morgan fingerprint density at radius 1 is 1.25 bits per heavy atom. The molecule has 0 spiro atoms. The lowest BCUT2D eigenvalue weighted by atomic mass is 9.97. The van der Waals surface area contributed by atoms with Crippen molar-refractivity contribution in [3.63, 3.8) is 0 Å². The molecule has 1 atom stereocenters. The fourth-order valence-corrected chi connectivity index (χ4v) is 2.51. The van der Waals surface area contributed by atoms with Crippen LogP contribution in [-0.2, 0) is 14.3 Å². The molecule has 0 radical (unpaired) electrons. The number of rotatable bonds is 6. The highest BCUT2D eigenvalue weighted by Gasteiger charge is 2.29. The minimum absolute atomic E-state index is 0.0459. The van der Waals surface area contributed by atoms with Gasteiger partial charge in [-0.05, 0) is 38.5 Å². The van der Waals surface area contributed by atoms with E-state index in [4.69, 9.17) is 16.3 Å². The minimum atomic E-state index is -0.491. The second kappa shape index (κ2) is 8.50. The Balaban J connectivity index is 2.24. The first-order valence-corrected chi connectivity index (χ1v) is 7.95. The number of halogens is 1. The van der Waals surface area contributed by atoms with Crippen LogP contribution >= 0.6 is 11.6 Å². The van der Waals surface area contributed by atoms with Crippen molar-refractivity contribution >= 4 is 23.5 Å². The molecule has 0 aromatic heterocycles. The van der Waals surface area contributed by atoms with E-state index in [1.807, 2.05) is 0 Å². The summed E-state index contributed by atoms with van der Waals surface area (Å²) in [6.45, 7) is 7.70. The number of nitrogens with zero attached hydrogens (tertiary/aromatic N) is 1. The molecule has 0 aromatic rings. The van der Waals surface area contributed by atoms with Crippen LogP contribution in [0.2, 0.25) is 0 Å². The van der Waals surface area contributed by atoms with Crippen molar-refractivity contribution in [2.45, 2.75) is 51.8 Å². The molecule has 1 aliphatic rings. The summed E-state index contributed by atoms with van der Waals surface area (Å²) in [5, 5.41) is -0.491. The van der Waals surface area contributed by atoms with E-state index in [9.17, 15) is 9.59 Å². The third-order valence-corrected chi connectivity index (χ3v) is 3.84. The maximum Gasteiger partial charge on any atom is 0.309 e. The summed E-state index contributed by atoms with van der Waals surface area (Å²) in [5.74, 6) is 0.416. The van der Waals surface area contributed by atoms with E-state index < -0.39 is 5.38 Å². The fourth-order valence-electron chi connectivity index (χ4n) is 2.37. The predicted octanol–water partition coefficient (Wildman–Crippen LogP) is 2.83. The van der Waals surface area contributed by atoms with Crippen LogP contribution in [0.5, 0.6) is 0 Å². The Labute approximate surface area is 126 Å². The van der Waals surface area contributed by atoms with Crippen LogP contribution in [0.1, 0.15) is 46.5 Å². The van der Waals surface area contributed by atoms with Gasteiger partial charge in [-0.2, -0.15) is 0 Å². The van der Waals surface area contributed by atoms with Gasteiger partial charge < -0.3 is 9.64 Å². The zero-order valence-electron chi connectivity index (χ0n) is 12.7. The van der Waals surface area contributed by atoms with Gasteiger partial charge in [-0.15, -0.1) is 11.6 Å². The monoisotopic (exact) mass is 303 g/mol. The van der Waals surface area contributed by atoms with E-state index in [0.717, 1.165) is 12.8 Å². The van der Waals surface area contributed by atoms with Gasteiger partial charge >= 0.3 is 5.97 Å². The Kier molecular flexibility index (Phi) is 7.35. The van der Waals surface area contributed by atoms with Crippen LogP contribution in [0.25, 0.3) is 0 Å². The van der Waals surface area contributed by atoms with Gasteiger partial charge in [0.2, 0.25) is 5.91 Å². The van der Waals surface area contributed by atoms with Crippen LogP contribution in [0, 0.1) is 11.8 Å². The summed E-state index contributed by atoms with van der Waals surface area (Å²) < 4.78 is 5.31. The minimum Gasteiger partial charge on any atom is -0.465 e. The SMILES string of the molecule is CC(C)CCCOC(=O)C1CCN(C(=O)C(C)Cl)CC1. The molecule has 0 saturated carbocycles. The van der Waals surface area contributed by atoms with Gasteiger partial charge in [-0.25, -0.2) is 0 Å². The third kappa shape index (κ3) is 5.70. The van der Waals surface area contributed by atoms with Crippen LogP contribution in [-0.4, -0.2) is 41.8 Å². The number of amides is 1. The summed E-state index contributed by atoms with van der Waals surface area (Å²) >= 11 is 5.79. The molecule has 1 aliphatic heterocycles. The largest absolute Gasteiger partial charge is 0.465 e. The lowest BCUT2D eigenvalue weighted by molar-refractivity contribution is -0.151. The van der Waals surface area contributed by atoms with Crippen molar-refractivity contribution < 1.29 is 14.3 Å². The Bertz CT molecular complexity index is 323. The lowest BCUT2D eigenvalue weighted by Crippen LogP contribution is -2.43. The summed E-state index contributed by atoms with van der Waals surface area (Å²) in [4.78, 5) is 25.4. The number of carbonyl (C=O) groups is 2. The van der Waals surface area contributed by atoms with Gasteiger partial charge in [0.25, 0.3) is 0 Å². The number of ether oxygens (including phenoxy) is 1. The molecular formula is C15H26ClNO3. The zero-order chi connectivity index (χ0) is 15.1. The zero-order valence-corrected chi connectivity index (χ0v) is 13.5. The Morgan fingerprint density at radius 3 is 2.35 bits per heavy atom. The molecule has 116 valence electrons. The number of carbonyl (C=O) groups excluding carboxylic acids is 2. The van der Waals surface area contributed by atoms with Gasteiger partial charge in [-0.1, -0.05) is 13.8 Å². The van der Waals surface area contributed by atoms with Crippen molar-refractivity contribution in [3.8, 4) is 0 Å². The van der Waals surface area contributed by atoms with Crippen LogP contribution in [0.15, 0.2) is 0 Å². The molecule has 1 heterocycles. The molecule has 4 nitrogen and oxygen atoms in total. The van der Waals surface area contributed by atoms with Crippen molar-refractivity contribution in [1.29, 1.82) is 0 Å². The highest BCUT2D eigenvalue weighted by molar-refractivity contribution is 6.30. The molecule has 0 aliphatic carbocycles. The first-order chi connectivity index (χ1) is 9.41. The number of likely N-dealkylation sites (tertiary alicyclic amines) is 1. The molecule has 0 N–H and O–H groups in total. The summed E-state index contributed by atoms with van der Waals surface area (Å²) in [6, 6.07) is 0. The summed E-state index contributed by atoms with van der Waals surface area (Å²) in [5.41, 5.74) is 0. The molecule has 5 heteroatoms. The van der Waals surface area contributed by atoms with E-state index >= 15 is 0 Å². The lowest BCUT2D eigenvalue weighted by Gasteiger charge is -2.31. The van der Waals surface area contributed by atoms with Crippen molar-refractivity contribution in [1.82, 2.24) is 4.90 Å². The molecule has 1 saturated heterocycles. The van der Waals surface area contributed by atoms with E-state index in [0.29, 0.717) is 38.5 Å². The van der Waals surface area contributed by atoms with Gasteiger partial charge in [0.1, 0.15) is 5.38 Å². The van der Waals surface area contributed by atoms with Gasteiger partial charge in [0.05, 0.1) is 12.5 Å². The molecule has 1 fully saturated rings. The number of alkyl halides is 1. The molecule has 0 aromatic carbocycles. The maximum atomic E-state index is 11.9. The smallest absolute Gasteiger partial charge is 0.309 e. The van der Waals surface area contributed by atoms with Gasteiger partial charge in [0, 0.05) is 13.1 Å². The van der Waals surface area contributed by atoms with Crippen LogP contribution in [0.3, 0.4) is 0 Å². The number of piperidine rings is 1. The average Bonchev–Trinajstić information content (AvgIpc) is 2.42. The Morgan fingerprint density at radius 2 is 1.85 bits per heavy atom. The van der Waals surface area contributed by atoms with Gasteiger partial charge in [0.15, 0.2) is 0 Å². The number of hydrogen-bond donors (Lipinski definition) is 0. The normalized spacial score (nSPS) is 18.1. The average molecular weight is 304 g/mol. The fraction of sp³-hybridized carbons (Fsp3) is 0.867. The van der Waals surface area contributed by atoms with E-state index in [-0.39, 0.29) is 17.8 Å². The highest BCUT2D eigenvalue weighted by Crippen LogP contribution is 2.20. The molecule has 20 heavy (non-hydrogen) atoms. The van der Waals surface area contributed by atoms with Crippen molar-refractivity contribution in [2.24, 2.45) is 11.8 Å². The summed E-state index contributed by atoms with van der Waals surface area (Å²) in [6.07, 6.45) is 3.36. The molecule has 1 rings (SSSR count).